The molecule has 0 saturated carbocycles. The van der Waals surface area contributed by atoms with E-state index in [-0.39, 0.29) is 12.1 Å². The SMILES string of the molecule is COc1c(Cl)cc(Cl)cc1[C@H](c1nnnn1C(c1ccccc1)c1ccccc1)[NH+]1CCOCC1. The molecule has 5 rings (SSSR count). The van der Waals surface area contributed by atoms with Crippen LogP contribution in [0.3, 0.4) is 0 Å². The predicted molar refractivity (Wildman–Crippen MR) is 134 cm³/mol. The van der Waals surface area contributed by atoms with Crippen LogP contribution in [0.25, 0.3) is 0 Å². The van der Waals surface area contributed by atoms with E-state index in [2.05, 4.69) is 39.8 Å². The van der Waals surface area contributed by atoms with Crippen LogP contribution in [0, 0.1) is 0 Å². The van der Waals surface area contributed by atoms with Crippen molar-refractivity contribution >= 4 is 23.2 Å². The van der Waals surface area contributed by atoms with Gasteiger partial charge in [0.25, 0.3) is 0 Å². The Balaban J connectivity index is 1.71. The molecule has 1 saturated heterocycles. The number of ether oxygens (including phenoxy) is 2. The van der Waals surface area contributed by atoms with Gasteiger partial charge < -0.3 is 14.4 Å². The maximum absolute atomic E-state index is 6.57. The summed E-state index contributed by atoms with van der Waals surface area (Å²) >= 11 is 13.1. The third-order valence-corrected chi connectivity index (χ3v) is 6.85. The highest BCUT2D eigenvalue weighted by atomic mass is 35.5. The van der Waals surface area contributed by atoms with Crippen LogP contribution in [0.2, 0.25) is 10.0 Å². The molecule has 1 aromatic heterocycles. The molecule has 0 unspecified atom stereocenters. The molecule has 1 N–H and O–H groups in total. The summed E-state index contributed by atoms with van der Waals surface area (Å²) in [5.41, 5.74) is 3.01. The first-order valence-electron chi connectivity index (χ1n) is 11.5. The lowest BCUT2D eigenvalue weighted by atomic mass is 9.97. The van der Waals surface area contributed by atoms with E-state index >= 15 is 0 Å². The van der Waals surface area contributed by atoms with Crippen LogP contribution in [0.15, 0.2) is 72.8 Å². The number of hydrogen-bond donors (Lipinski definition) is 1. The summed E-state index contributed by atoms with van der Waals surface area (Å²) < 4.78 is 13.3. The van der Waals surface area contributed by atoms with Gasteiger partial charge in [0.2, 0.25) is 5.82 Å². The Bertz CT molecular complexity index is 1220. The lowest BCUT2D eigenvalue weighted by Gasteiger charge is -2.32. The Morgan fingerprint density at radius 2 is 1.57 bits per heavy atom. The Morgan fingerprint density at radius 1 is 0.943 bits per heavy atom. The third-order valence-electron chi connectivity index (χ3n) is 6.35. The van der Waals surface area contributed by atoms with E-state index in [1.807, 2.05) is 47.1 Å². The second-order valence-electron chi connectivity index (χ2n) is 8.42. The normalized spacial score (nSPS) is 15.3. The molecule has 0 bridgehead atoms. The van der Waals surface area contributed by atoms with E-state index in [1.54, 1.807) is 13.2 Å². The van der Waals surface area contributed by atoms with Crippen molar-refractivity contribution in [1.82, 2.24) is 20.2 Å². The van der Waals surface area contributed by atoms with Crippen molar-refractivity contribution in [2.24, 2.45) is 0 Å². The van der Waals surface area contributed by atoms with Gasteiger partial charge in [0, 0.05) is 5.02 Å². The Morgan fingerprint density at radius 3 is 2.17 bits per heavy atom. The molecule has 35 heavy (non-hydrogen) atoms. The highest BCUT2D eigenvalue weighted by molar-refractivity contribution is 6.35. The maximum atomic E-state index is 6.57. The Hall–Kier alpha value is -2.97. The molecule has 1 atom stereocenters. The monoisotopic (exact) mass is 510 g/mol. The first-order valence-corrected chi connectivity index (χ1v) is 12.3. The predicted octanol–water partition coefficient (Wildman–Crippen LogP) is 3.63. The highest BCUT2D eigenvalue weighted by Gasteiger charge is 2.38. The number of benzene rings is 3. The minimum atomic E-state index is -0.269. The summed E-state index contributed by atoms with van der Waals surface area (Å²) in [6, 6.07) is 23.6. The molecule has 9 heteroatoms. The molecule has 180 valence electrons. The van der Waals surface area contributed by atoms with Crippen molar-refractivity contribution in [1.29, 1.82) is 0 Å². The number of morpholine rings is 1. The second kappa shape index (κ2) is 10.7. The molecule has 7 nitrogen and oxygen atoms in total. The van der Waals surface area contributed by atoms with Crippen LogP contribution in [0.4, 0.5) is 0 Å². The number of methoxy groups -OCH3 is 1. The van der Waals surface area contributed by atoms with Crippen molar-refractivity contribution in [3.63, 3.8) is 0 Å². The number of tetrazole rings is 1. The number of halogens is 2. The quantitative estimate of drug-likeness (QED) is 0.411. The topological polar surface area (TPSA) is 66.5 Å². The van der Waals surface area contributed by atoms with Gasteiger partial charge in [-0.3, -0.25) is 0 Å². The number of quaternary nitrogens is 1. The van der Waals surface area contributed by atoms with E-state index in [0.29, 0.717) is 34.8 Å². The summed E-state index contributed by atoms with van der Waals surface area (Å²) in [6.07, 6.45) is 0. The van der Waals surface area contributed by atoms with E-state index in [0.717, 1.165) is 29.8 Å². The summed E-state index contributed by atoms with van der Waals surface area (Å²) in [5, 5.41) is 14.2. The number of rotatable bonds is 7. The zero-order valence-electron chi connectivity index (χ0n) is 19.3. The van der Waals surface area contributed by atoms with Crippen molar-refractivity contribution in [2.45, 2.75) is 12.1 Å². The van der Waals surface area contributed by atoms with Crippen LogP contribution < -0.4 is 9.64 Å². The fourth-order valence-corrected chi connectivity index (χ4v) is 5.38. The molecule has 4 aromatic rings. The van der Waals surface area contributed by atoms with E-state index < -0.39 is 0 Å². The van der Waals surface area contributed by atoms with Gasteiger partial charge in [0.1, 0.15) is 24.9 Å². The summed E-state index contributed by atoms with van der Waals surface area (Å²) in [7, 11) is 1.62. The maximum Gasteiger partial charge on any atom is 0.215 e. The molecule has 3 aromatic carbocycles. The molecule has 1 fully saturated rings. The first kappa shape index (κ1) is 23.8. The number of aromatic nitrogens is 4. The average Bonchev–Trinajstić information content (AvgIpc) is 3.35. The first-order chi connectivity index (χ1) is 17.2. The molecule has 0 radical (unpaired) electrons. The molecule has 1 aliphatic heterocycles. The van der Waals surface area contributed by atoms with Crippen molar-refractivity contribution < 1.29 is 14.4 Å². The largest absolute Gasteiger partial charge is 0.495 e. The summed E-state index contributed by atoms with van der Waals surface area (Å²) in [4.78, 5) is 1.25. The zero-order valence-corrected chi connectivity index (χ0v) is 20.8. The zero-order chi connectivity index (χ0) is 24.2. The fourth-order valence-electron chi connectivity index (χ4n) is 4.79. The fraction of sp³-hybridized carbons (Fsp3) is 0.269. The Kier molecular flexibility index (Phi) is 7.29. The van der Waals surface area contributed by atoms with Crippen LogP contribution in [-0.2, 0) is 4.74 Å². The van der Waals surface area contributed by atoms with Gasteiger partial charge in [-0.25, -0.2) is 4.68 Å². The standard InChI is InChI=1S/C26H25Cl2N5O2/c1-34-25-21(16-20(27)17-22(25)28)24(32-12-14-35-15-13-32)26-29-30-31-33(26)23(18-8-4-2-5-9-18)19-10-6-3-7-11-19/h2-11,16-17,23-24H,12-15H2,1H3/p+1/t24-/m1/s1. The van der Waals surface area contributed by atoms with Crippen LogP contribution >= 0.6 is 23.2 Å². The minimum Gasteiger partial charge on any atom is -0.495 e. The average molecular weight is 511 g/mol. The lowest BCUT2D eigenvalue weighted by Crippen LogP contribution is -3.14. The van der Waals surface area contributed by atoms with Crippen molar-refractivity contribution in [3.05, 3.63) is 105 Å². The Labute approximate surface area is 214 Å². The molecule has 1 aliphatic rings. The van der Waals surface area contributed by atoms with Gasteiger partial charge in [-0.15, -0.1) is 5.10 Å². The molecule has 2 heterocycles. The number of nitrogens with one attached hydrogen (secondary N) is 1. The minimum absolute atomic E-state index is 0.217. The van der Waals surface area contributed by atoms with Gasteiger partial charge in [-0.05, 0) is 33.7 Å². The molecular formula is C26H26Cl2N5O2+. The van der Waals surface area contributed by atoms with E-state index in [1.165, 1.54) is 4.90 Å². The van der Waals surface area contributed by atoms with Gasteiger partial charge >= 0.3 is 0 Å². The molecular weight excluding hydrogens is 485 g/mol. The van der Waals surface area contributed by atoms with Gasteiger partial charge in [0.05, 0.1) is 30.9 Å². The smallest absolute Gasteiger partial charge is 0.215 e. The van der Waals surface area contributed by atoms with E-state index in [9.17, 15) is 0 Å². The lowest BCUT2D eigenvalue weighted by molar-refractivity contribution is -0.933. The second-order valence-corrected chi connectivity index (χ2v) is 9.26. The number of nitrogens with zero attached hydrogens (tertiary/aromatic N) is 4. The van der Waals surface area contributed by atoms with Crippen LogP contribution in [-0.4, -0.2) is 53.6 Å². The van der Waals surface area contributed by atoms with Gasteiger partial charge in [-0.2, -0.15) is 0 Å². The van der Waals surface area contributed by atoms with Gasteiger partial charge in [0.15, 0.2) is 6.04 Å². The van der Waals surface area contributed by atoms with Crippen LogP contribution in [0.5, 0.6) is 5.75 Å². The van der Waals surface area contributed by atoms with E-state index in [4.69, 9.17) is 32.7 Å². The molecule has 0 aliphatic carbocycles. The van der Waals surface area contributed by atoms with Crippen LogP contribution in [0.1, 0.15) is 34.6 Å². The van der Waals surface area contributed by atoms with Crippen molar-refractivity contribution in [3.8, 4) is 5.75 Å². The highest BCUT2D eigenvalue weighted by Crippen LogP contribution is 2.38. The number of hydrogen-bond acceptors (Lipinski definition) is 5. The molecule has 0 spiro atoms. The molecule has 0 amide bonds. The third kappa shape index (κ3) is 4.90. The summed E-state index contributed by atoms with van der Waals surface area (Å²) in [6.45, 7) is 2.86. The van der Waals surface area contributed by atoms with Crippen molar-refractivity contribution in [2.75, 3.05) is 33.4 Å². The van der Waals surface area contributed by atoms with Gasteiger partial charge in [-0.1, -0.05) is 83.9 Å². The summed E-state index contributed by atoms with van der Waals surface area (Å²) in [5.74, 6) is 1.28.